The summed E-state index contributed by atoms with van der Waals surface area (Å²) < 4.78 is 13.7. The molecule has 0 bridgehead atoms. The minimum atomic E-state index is 0.523. The Bertz CT molecular complexity index is 831. The number of para-hydroxylation sites is 1. The Hall–Kier alpha value is -2.79. The summed E-state index contributed by atoms with van der Waals surface area (Å²) >= 11 is 0. The van der Waals surface area contributed by atoms with E-state index in [1.165, 1.54) is 5.56 Å². The maximum absolute atomic E-state index is 6.14. The molecule has 1 N–H and O–H groups in total. The van der Waals surface area contributed by atoms with Crippen LogP contribution in [0.2, 0.25) is 0 Å². The molecule has 3 rings (SSSR count). The van der Waals surface area contributed by atoms with E-state index in [2.05, 4.69) is 52.1 Å². The van der Waals surface area contributed by atoms with Gasteiger partial charge in [0, 0.05) is 31.0 Å². The fraction of sp³-hybridized carbons (Fsp3) is 0.318. The normalized spacial score (nSPS) is 10.7. The van der Waals surface area contributed by atoms with E-state index >= 15 is 0 Å². The van der Waals surface area contributed by atoms with Crippen LogP contribution >= 0.6 is 0 Å². The van der Waals surface area contributed by atoms with Gasteiger partial charge in [0.2, 0.25) is 0 Å². The zero-order chi connectivity index (χ0) is 18.9. The largest absolute Gasteiger partial charge is 0.493 e. The average Bonchev–Trinajstić information content (AvgIpc) is 3.20. The summed E-state index contributed by atoms with van der Waals surface area (Å²) in [7, 11) is 1.68. The smallest absolute Gasteiger partial charge is 0.166 e. The molecule has 0 aliphatic rings. The summed E-state index contributed by atoms with van der Waals surface area (Å²) in [5.74, 6) is 1.57. The molecule has 2 aromatic carbocycles. The third-order valence-electron chi connectivity index (χ3n) is 4.39. The molecule has 0 saturated carbocycles. The van der Waals surface area contributed by atoms with Crippen LogP contribution in [-0.2, 0) is 19.7 Å². The minimum Gasteiger partial charge on any atom is -0.493 e. The number of rotatable bonds is 10. The Morgan fingerprint density at radius 2 is 2.04 bits per heavy atom. The molecule has 27 heavy (non-hydrogen) atoms. The first kappa shape index (κ1) is 19.0. The van der Waals surface area contributed by atoms with Crippen molar-refractivity contribution in [3.05, 3.63) is 77.9 Å². The maximum Gasteiger partial charge on any atom is 0.166 e. The van der Waals surface area contributed by atoms with E-state index < -0.39 is 0 Å². The number of hydrogen-bond acceptors (Lipinski definition) is 4. The van der Waals surface area contributed by atoms with Gasteiger partial charge < -0.3 is 19.4 Å². The van der Waals surface area contributed by atoms with Crippen molar-refractivity contribution in [2.75, 3.05) is 13.7 Å². The second-order valence-corrected chi connectivity index (χ2v) is 6.56. The summed E-state index contributed by atoms with van der Waals surface area (Å²) in [4.78, 5) is 4.06. The van der Waals surface area contributed by atoms with Gasteiger partial charge in [-0.15, -0.1) is 0 Å². The summed E-state index contributed by atoms with van der Waals surface area (Å²) in [6.45, 7) is 5.24. The van der Waals surface area contributed by atoms with E-state index in [1.54, 1.807) is 7.11 Å². The van der Waals surface area contributed by atoms with Crippen molar-refractivity contribution in [3.63, 3.8) is 0 Å². The fourth-order valence-corrected chi connectivity index (χ4v) is 3.01. The van der Waals surface area contributed by atoms with Crippen LogP contribution in [0.25, 0.3) is 0 Å². The molecule has 5 heteroatoms. The molecule has 0 aliphatic carbocycles. The van der Waals surface area contributed by atoms with Crippen LogP contribution in [0.4, 0.5) is 0 Å². The van der Waals surface area contributed by atoms with Gasteiger partial charge in [0.15, 0.2) is 11.5 Å². The van der Waals surface area contributed by atoms with Gasteiger partial charge in [0.25, 0.3) is 0 Å². The lowest BCUT2D eigenvalue weighted by Crippen LogP contribution is -2.17. The Balaban J connectivity index is 1.57. The highest BCUT2D eigenvalue weighted by Crippen LogP contribution is 2.31. The number of imidazole rings is 1. The first-order valence-corrected chi connectivity index (χ1v) is 9.27. The van der Waals surface area contributed by atoms with Gasteiger partial charge in [0.1, 0.15) is 6.61 Å². The van der Waals surface area contributed by atoms with Crippen molar-refractivity contribution < 1.29 is 9.47 Å². The van der Waals surface area contributed by atoms with Crippen LogP contribution in [-0.4, -0.2) is 23.2 Å². The lowest BCUT2D eigenvalue weighted by molar-refractivity contribution is 0.280. The van der Waals surface area contributed by atoms with E-state index in [0.29, 0.717) is 6.61 Å². The second kappa shape index (κ2) is 9.78. The van der Waals surface area contributed by atoms with Gasteiger partial charge in [-0.2, -0.15) is 0 Å². The first-order valence-electron chi connectivity index (χ1n) is 9.27. The summed E-state index contributed by atoms with van der Waals surface area (Å²) in [6.07, 6.45) is 6.68. The molecular weight excluding hydrogens is 338 g/mol. The third kappa shape index (κ3) is 5.59. The number of aromatic nitrogens is 2. The average molecular weight is 365 g/mol. The molecule has 1 heterocycles. The molecule has 0 saturated heterocycles. The predicted octanol–water partition coefficient (Wildman–Crippen LogP) is 3.96. The van der Waals surface area contributed by atoms with Crippen LogP contribution in [0.5, 0.6) is 11.5 Å². The summed E-state index contributed by atoms with van der Waals surface area (Å²) in [5, 5.41) is 3.49. The van der Waals surface area contributed by atoms with Gasteiger partial charge in [-0.25, -0.2) is 4.98 Å². The van der Waals surface area contributed by atoms with Crippen LogP contribution in [0.1, 0.15) is 23.1 Å². The van der Waals surface area contributed by atoms with Crippen LogP contribution in [0.3, 0.4) is 0 Å². The highest BCUT2D eigenvalue weighted by atomic mass is 16.5. The standard InChI is InChI=1S/C22H27N3O2/c1-18-6-3-7-19(14-18)16-27-22-20(8-4-9-21(22)26-2)15-23-10-5-12-25-13-11-24-17-25/h3-4,6-9,11,13-14,17,23H,5,10,12,15-16H2,1-2H3. The van der Waals surface area contributed by atoms with Crippen molar-refractivity contribution in [2.45, 2.75) is 33.0 Å². The summed E-state index contributed by atoms with van der Waals surface area (Å²) in [6, 6.07) is 14.4. The lowest BCUT2D eigenvalue weighted by Gasteiger charge is -2.16. The van der Waals surface area contributed by atoms with Crippen LogP contribution in [0, 0.1) is 6.92 Å². The van der Waals surface area contributed by atoms with Crippen LogP contribution in [0.15, 0.2) is 61.2 Å². The molecule has 0 spiro atoms. The van der Waals surface area contributed by atoms with E-state index in [0.717, 1.165) is 48.7 Å². The lowest BCUT2D eigenvalue weighted by atomic mass is 10.1. The number of nitrogens with one attached hydrogen (secondary N) is 1. The van der Waals surface area contributed by atoms with E-state index in [9.17, 15) is 0 Å². The third-order valence-corrected chi connectivity index (χ3v) is 4.39. The molecule has 0 unspecified atom stereocenters. The number of nitrogens with zero attached hydrogens (tertiary/aromatic N) is 2. The first-order chi connectivity index (χ1) is 13.3. The van der Waals surface area contributed by atoms with Gasteiger partial charge in [-0.3, -0.25) is 0 Å². The quantitative estimate of drug-likeness (QED) is 0.553. The molecule has 142 valence electrons. The Labute approximate surface area is 161 Å². The van der Waals surface area contributed by atoms with Gasteiger partial charge in [0.05, 0.1) is 13.4 Å². The van der Waals surface area contributed by atoms with Crippen molar-refractivity contribution >= 4 is 0 Å². The predicted molar refractivity (Wildman–Crippen MR) is 107 cm³/mol. The number of aryl methyl sites for hydroxylation is 2. The fourth-order valence-electron chi connectivity index (χ4n) is 3.01. The molecule has 3 aromatic rings. The van der Waals surface area contributed by atoms with Gasteiger partial charge >= 0.3 is 0 Å². The van der Waals surface area contributed by atoms with E-state index in [1.807, 2.05) is 30.9 Å². The zero-order valence-corrected chi connectivity index (χ0v) is 16.0. The Morgan fingerprint density at radius 3 is 2.81 bits per heavy atom. The molecule has 0 aliphatic heterocycles. The number of benzene rings is 2. The van der Waals surface area contributed by atoms with E-state index in [4.69, 9.17) is 9.47 Å². The highest BCUT2D eigenvalue weighted by Gasteiger charge is 2.11. The molecule has 1 aromatic heterocycles. The Kier molecular flexibility index (Phi) is 6.88. The maximum atomic E-state index is 6.14. The second-order valence-electron chi connectivity index (χ2n) is 6.56. The van der Waals surface area contributed by atoms with Crippen molar-refractivity contribution in [1.82, 2.24) is 14.9 Å². The molecule has 0 fully saturated rings. The number of hydrogen-bond donors (Lipinski definition) is 1. The highest BCUT2D eigenvalue weighted by molar-refractivity contribution is 5.46. The molecule has 5 nitrogen and oxygen atoms in total. The van der Waals surface area contributed by atoms with Crippen molar-refractivity contribution in [1.29, 1.82) is 0 Å². The molecular formula is C22H27N3O2. The topological polar surface area (TPSA) is 48.3 Å². The number of methoxy groups -OCH3 is 1. The van der Waals surface area contributed by atoms with Gasteiger partial charge in [-0.1, -0.05) is 42.0 Å². The van der Waals surface area contributed by atoms with E-state index in [-0.39, 0.29) is 0 Å². The van der Waals surface area contributed by atoms with Crippen molar-refractivity contribution in [2.24, 2.45) is 0 Å². The molecule has 0 radical (unpaired) electrons. The van der Waals surface area contributed by atoms with Crippen molar-refractivity contribution in [3.8, 4) is 11.5 Å². The van der Waals surface area contributed by atoms with Crippen LogP contribution < -0.4 is 14.8 Å². The monoisotopic (exact) mass is 365 g/mol. The minimum absolute atomic E-state index is 0.523. The molecule has 0 atom stereocenters. The Morgan fingerprint density at radius 1 is 1.15 bits per heavy atom. The molecule has 0 amide bonds. The summed E-state index contributed by atoms with van der Waals surface area (Å²) in [5.41, 5.74) is 3.49. The number of ether oxygens (including phenoxy) is 2. The van der Waals surface area contributed by atoms with Gasteiger partial charge in [-0.05, 0) is 31.5 Å². The zero-order valence-electron chi connectivity index (χ0n) is 16.0. The SMILES string of the molecule is COc1cccc(CNCCCn2ccnc2)c1OCc1cccc(C)c1.